The minimum absolute atomic E-state index is 0.125. The molecule has 0 rings (SSSR count). The lowest BCUT2D eigenvalue weighted by Gasteiger charge is -2.39. The second kappa shape index (κ2) is 12.4. The quantitative estimate of drug-likeness (QED) is 0.478. The fourth-order valence-corrected chi connectivity index (χ4v) is 3.04. The summed E-state index contributed by atoms with van der Waals surface area (Å²) < 4.78 is 6.53. The molecule has 0 aromatic carbocycles. The summed E-state index contributed by atoms with van der Waals surface area (Å²) in [5, 5.41) is 0. The number of hydrogen-bond donors (Lipinski definition) is 1. The summed E-state index contributed by atoms with van der Waals surface area (Å²) in [5.74, 6) is 0. The molecule has 0 fully saturated rings. The van der Waals surface area contributed by atoms with Crippen LogP contribution in [0.3, 0.4) is 0 Å². The third-order valence-corrected chi connectivity index (χ3v) is 4.32. The molecule has 0 aromatic heterocycles. The molecule has 1 atom stereocenters. The van der Waals surface area contributed by atoms with Gasteiger partial charge in [0.05, 0.1) is 5.60 Å². The van der Waals surface area contributed by atoms with Gasteiger partial charge in [-0.05, 0) is 32.6 Å². The molecule has 1 unspecified atom stereocenters. The smallest absolute Gasteiger partial charge is 0.108 e. The SMILES string of the molecule is CCCCN(CCCC)C(C)OC(CN)(CCC)CCC. The van der Waals surface area contributed by atoms with Gasteiger partial charge < -0.3 is 10.5 Å². The zero-order chi connectivity index (χ0) is 16.1. The molecule has 21 heavy (non-hydrogen) atoms. The molecule has 0 aliphatic rings. The summed E-state index contributed by atoms with van der Waals surface area (Å²) in [7, 11) is 0. The summed E-state index contributed by atoms with van der Waals surface area (Å²) in [6, 6.07) is 0. The highest BCUT2D eigenvalue weighted by Crippen LogP contribution is 2.26. The van der Waals surface area contributed by atoms with Crippen molar-refractivity contribution < 1.29 is 4.74 Å². The summed E-state index contributed by atoms with van der Waals surface area (Å²) in [4.78, 5) is 2.50. The molecule has 0 saturated carbocycles. The third kappa shape index (κ3) is 8.18. The van der Waals surface area contributed by atoms with E-state index in [9.17, 15) is 0 Å². The first-order valence-corrected chi connectivity index (χ1v) is 9.21. The van der Waals surface area contributed by atoms with Gasteiger partial charge in [-0.15, -0.1) is 0 Å². The predicted octanol–water partition coefficient (Wildman–Crippen LogP) is 4.55. The van der Waals surface area contributed by atoms with Crippen LogP contribution in [0.5, 0.6) is 0 Å². The minimum Gasteiger partial charge on any atom is -0.356 e. The van der Waals surface area contributed by atoms with Crippen LogP contribution in [-0.4, -0.2) is 36.4 Å². The second-order valence-corrected chi connectivity index (χ2v) is 6.35. The van der Waals surface area contributed by atoms with Crippen molar-refractivity contribution >= 4 is 0 Å². The van der Waals surface area contributed by atoms with Crippen LogP contribution in [0, 0.1) is 0 Å². The van der Waals surface area contributed by atoms with Crippen molar-refractivity contribution in [2.75, 3.05) is 19.6 Å². The van der Waals surface area contributed by atoms with Crippen molar-refractivity contribution in [3.63, 3.8) is 0 Å². The van der Waals surface area contributed by atoms with Crippen LogP contribution in [0.25, 0.3) is 0 Å². The molecule has 3 nitrogen and oxygen atoms in total. The van der Waals surface area contributed by atoms with Gasteiger partial charge in [0.2, 0.25) is 0 Å². The van der Waals surface area contributed by atoms with Crippen LogP contribution < -0.4 is 5.73 Å². The Bertz CT molecular complexity index is 219. The first-order valence-electron chi connectivity index (χ1n) is 9.21. The molecule has 0 heterocycles. The Hall–Kier alpha value is -0.120. The van der Waals surface area contributed by atoms with Crippen molar-refractivity contribution in [3.8, 4) is 0 Å². The molecular weight excluding hydrogens is 260 g/mol. The standard InChI is InChI=1S/C18H40N2O/c1-6-10-14-20(15-11-7-2)17(5)21-18(16-19,12-8-3)13-9-4/h17H,6-16,19H2,1-5H3. The average Bonchev–Trinajstić information content (AvgIpc) is 2.47. The first-order chi connectivity index (χ1) is 10.1. The van der Waals surface area contributed by atoms with E-state index in [1.54, 1.807) is 0 Å². The number of ether oxygens (including phenoxy) is 1. The summed E-state index contributed by atoms with van der Waals surface area (Å²) in [6.07, 6.45) is 9.53. The predicted molar refractivity (Wildman–Crippen MR) is 93.5 cm³/mol. The zero-order valence-electron chi connectivity index (χ0n) is 15.3. The van der Waals surface area contributed by atoms with Crippen LogP contribution in [0.1, 0.15) is 86.0 Å². The fourth-order valence-electron chi connectivity index (χ4n) is 3.04. The lowest BCUT2D eigenvalue weighted by atomic mass is 9.92. The van der Waals surface area contributed by atoms with Gasteiger partial charge in [-0.2, -0.15) is 0 Å². The van der Waals surface area contributed by atoms with Gasteiger partial charge in [-0.1, -0.05) is 53.4 Å². The fraction of sp³-hybridized carbons (Fsp3) is 1.00. The van der Waals surface area contributed by atoms with Gasteiger partial charge in [0.25, 0.3) is 0 Å². The van der Waals surface area contributed by atoms with Gasteiger partial charge in [0.15, 0.2) is 0 Å². The number of nitrogens with zero attached hydrogens (tertiary/aromatic N) is 1. The molecule has 2 N–H and O–H groups in total. The van der Waals surface area contributed by atoms with E-state index in [1.165, 1.54) is 25.7 Å². The lowest BCUT2D eigenvalue weighted by Crippen LogP contribution is -2.48. The number of nitrogens with two attached hydrogens (primary N) is 1. The number of rotatable bonds is 14. The Morgan fingerprint density at radius 1 is 0.905 bits per heavy atom. The Balaban J connectivity index is 4.73. The molecule has 0 aliphatic carbocycles. The summed E-state index contributed by atoms with van der Waals surface area (Å²) >= 11 is 0. The maximum absolute atomic E-state index is 6.53. The molecule has 0 aliphatic heterocycles. The summed E-state index contributed by atoms with van der Waals surface area (Å²) in [5.41, 5.74) is 5.96. The number of hydrogen-bond acceptors (Lipinski definition) is 3. The van der Waals surface area contributed by atoms with E-state index in [2.05, 4.69) is 39.5 Å². The van der Waals surface area contributed by atoms with Crippen molar-refractivity contribution in [1.82, 2.24) is 4.90 Å². The normalized spacial score (nSPS) is 13.9. The van der Waals surface area contributed by atoms with Crippen LogP contribution in [-0.2, 0) is 4.74 Å². The van der Waals surface area contributed by atoms with E-state index in [-0.39, 0.29) is 11.8 Å². The highest BCUT2D eigenvalue weighted by atomic mass is 16.5. The molecule has 0 radical (unpaired) electrons. The van der Waals surface area contributed by atoms with E-state index >= 15 is 0 Å². The Morgan fingerprint density at radius 2 is 1.38 bits per heavy atom. The zero-order valence-corrected chi connectivity index (χ0v) is 15.3. The average molecular weight is 301 g/mol. The van der Waals surface area contributed by atoms with Gasteiger partial charge >= 0.3 is 0 Å². The van der Waals surface area contributed by atoms with E-state index in [0.717, 1.165) is 38.8 Å². The third-order valence-electron chi connectivity index (χ3n) is 4.32. The Kier molecular flexibility index (Phi) is 12.4. The van der Waals surface area contributed by atoms with E-state index in [0.29, 0.717) is 6.54 Å². The highest BCUT2D eigenvalue weighted by molar-refractivity contribution is 4.82. The maximum Gasteiger partial charge on any atom is 0.108 e. The van der Waals surface area contributed by atoms with Gasteiger partial charge in [0, 0.05) is 19.6 Å². The largest absolute Gasteiger partial charge is 0.356 e. The minimum atomic E-state index is -0.125. The van der Waals surface area contributed by atoms with Crippen molar-refractivity contribution in [1.29, 1.82) is 0 Å². The number of unbranched alkanes of at least 4 members (excludes halogenated alkanes) is 2. The molecule has 128 valence electrons. The van der Waals surface area contributed by atoms with Crippen molar-refractivity contribution in [2.24, 2.45) is 5.73 Å². The van der Waals surface area contributed by atoms with E-state index < -0.39 is 0 Å². The van der Waals surface area contributed by atoms with Crippen LogP contribution in [0.4, 0.5) is 0 Å². The molecule has 0 aromatic rings. The van der Waals surface area contributed by atoms with Gasteiger partial charge in [0.1, 0.15) is 6.23 Å². The highest BCUT2D eigenvalue weighted by Gasteiger charge is 2.31. The van der Waals surface area contributed by atoms with Crippen LogP contribution in [0.2, 0.25) is 0 Å². The van der Waals surface area contributed by atoms with Gasteiger partial charge in [-0.25, -0.2) is 0 Å². The van der Waals surface area contributed by atoms with E-state index in [1.807, 2.05) is 0 Å². The van der Waals surface area contributed by atoms with Gasteiger partial charge in [-0.3, -0.25) is 4.90 Å². The van der Waals surface area contributed by atoms with Crippen molar-refractivity contribution in [2.45, 2.75) is 97.8 Å². The molecule has 0 saturated heterocycles. The monoisotopic (exact) mass is 300 g/mol. The summed E-state index contributed by atoms with van der Waals surface area (Å²) in [6.45, 7) is 14.1. The van der Waals surface area contributed by atoms with Crippen molar-refractivity contribution in [3.05, 3.63) is 0 Å². The molecular formula is C18H40N2O. The molecule has 0 spiro atoms. The molecule has 3 heteroatoms. The lowest BCUT2D eigenvalue weighted by molar-refractivity contribution is -0.151. The topological polar surface area (TPSA) is 38.5 Å². The first kappa shape index (κ1) is 20.9. The second-order valence-electron chi connectivity index (χ2n) is 6.35. The van der Waals surface area contributed by atoms with Crippen LogP contribution in [0.15, 0.2) is 0 Å². The van der Waals surface area contributed by atoms with E-state index in [4.69, 9.17) is 10.5 Å². The Labute approximate surface area is 133 Å². The molecule has 0 bridgehead atoms. The maximum atomic E-state index is 6.53. The Morgan fingerprint density at radius 3 is 1.71 bits per heavy atom. The van der Waals surface area contributed by atoms with Crippen LogP contribution >= 0.6 is 0 Å². The molecule has 0 amide bonds.